The molecule has 3 aromatic carbocycles. The summed E-state index contributed by atoms with van der Waals surface area (Å²) in [4.78, 5) is 19.2. The van der Waals surface area contributed by atoms with E-state index in [1.807, 2.05) is 18.2 Å². The molecule has 5 heteroatoms. The van der Waals surface area contributed by atoms with E-state index in [1.165, 1.54) is 23.6 Å². The van der Waals surface area contributed by atoms with E-state index < -0.39 is 0 Å². The van der Waals surface area contributed by atoms with E-state index in [0.717, 1.165) is 48.1 Å². The number of carbonyl (C=O) groups is 1. The Hall–Kier alpha value is -3.11. The zero-order valence-corrected chi connectivity index (χ0v) is 18.7. The lowest BCUT2D eigenvalue weighted by Crippen LogP contribution is -2.22. The van der Waals surface area contributed by atoms with E-state index in [9.17, 15) is 4.79 Å². The molecule has 1 aliphatic carbocycles. The number of nitrogens with one attached hydrogen (secondary N) is 1. The summed E-state index contributed by atoms with van der Waals surface area (Å²) >= 11 is 6.08. The third-order valence-corrected chi connectivity index (χ3v) is 6.56. The minimum atomic E-state index is -0.173. The van der Waals surface area contributed by atoms with E-state index in [-0.39, 0.29) is 12.1 Å². The van der Waals surface area contributed by atoms with E-state index in [4.69, 9.17) is 16.3 Å². The molecule has 0 aliphatic heterocycles. The molecule has 0 bridgehead atoms. The minimum Gasteiger partial charge on any atom is -0.463 e. The number of halogens is 1. The van der Waals surface area contributed by atoms with Crippen molar-refractivity contribution >= 4 is 28.6 Å². The Morgan fingerprint density at radius 1 is 0.906 bits per heavy atom. The lowest BCUT2D eigenvalue weighted by atomic mass is 9.82. The van der Waals surface area contributed by atoms with Crippen molar-refractivity contribution in [2.24, 2.45) is 0 Å². The quantitative estimate of drug-likeness (QED) is 0.340. The van der Waals surface area contributed by atoms with Gasteiger partial charge in [0.1, 0.15) is 11.9 Å². The second kappa shape index (κ2) is 8.79. The fraction of sp³-hybridized carbons (Fsp3) is 0.259. The summed E-state index contributed by atoms with van der Waals surface area (Å²) < 4.78 is 5.36. The van der Waals surface area contributed by atoms with Crippen molar-refractivity contribution in [2.75, 3.05) is 0 Å². The van der Waals surface area contributed by atoms with Crippen molar-refractivity contribution in [2.45, 2.75) is 44.6 Å². The molecule has 1 N–H and O–H groups in total. The number of rotatable bonds is 4. The van der Waals surface area contributed by atoms with Gasteiger partial charge in [-0.2, -0.15) is 0 Å². The smallest absolute Gasteiger partial charge is 0.302 e. The lowest BCUT2D eigenvalue weighted by Gasteiger charge is -2.28. The number of imidazole rings is 1. The first-order valence-electron chi connectivity index (χ1n) is 11.1. The monoisotopic (exact) mass is 444 g/mol. The average Bonchev–Trinajstić information content (AvgIpc) is 3.23. The minimum absolute atomic E-state index is 0.0882. The van der Waals surface area contributed by atoms with Gasteiger partial charge >= 0.3 is 5.97 Å². The van der Waals surface area contributed by atoms with Gasteiger partial charge in [0, 0.05) is 17.5 Å². The van der Waals surface area contributed by atoms with Gasteiger partial charge < -0.3 is 9.72 Å². The summed E-state index contributed by atoms with van der Waals surface area (Å²) in [5.74, 6) is 1.21. The zero-order valence-electron chi connectivity index (χ0n) is 18.0. The molecule has 1 fully saturated rings. The molecular formula is C27H25ClN2O2. The summed E-state index contributed by atoms with van der Waals surface area (Å²) in [5.41, 5.74) is 6.64. The van der Waals surface area contributed by atoms with Crippen LogP contribution in [0.2, 0.25) is 5.02 Å². The summed E-state index contributed by atoms with van der Waals surface area (Å²) in [7, 11) is 0. The molecular weight excluding hydrogens is 420 g/mol. The van der Waals surface area contributed by atoms with Gasteiger partial charge in [-0.05, 0) is 66.5 Å². The molecule has 1 heterocycles. The van der Waals surface area contributed by atoms with Gasteiger partial charge in [-0.15, -0.1) is 0 Å². The number of fused-ring (bicyclic) bond motifs is 1. The molecule has 1 saturated carbocycles. The fourth-order valence-electron chi connectivity index (χ4n) is 4.64. The Bertz CT molecular complexity index is 1240. The maximum Gasteiger partial charge on any atom is 0.302 e. The van der Waals surface area contributed by atoms with Crippen LogP contribution in [-0.4, -0.2) is 22.0 Å². The number of aromatic nitrogens is 2. The molecule has 32 heavy (non-hydrogen) atoms. The van der Waals surface area contributed by atoms with E-state index in [2.05, 4.69) is 58.5 Å². The maximum absolute atomic E-state index is 11.2. The van der Waals surface area contributed by atoms with Crippen molar-refractivity contribution in [3.05, 3.63) is 77.3 Å². The molecule has 0 unspecified atom stereocenters. The number of benzene rings is 3. The molecule has 1 aliphatic rings. The van der Waals surface area contributed by atoms with Gasteiger partial charge in [0.05, 0.1) is 11.0 Å². The van der Waals surface area contributed by atoms with Crippen LogP contribution >= 0.6 is 11.6 Å². The van der Waals surface area contributed by atoms with Crippen molar-refractivity contribution in [1.29, 1.82) is 0 Å². The average molecular weight is 445 g/mol. The summed E-state index contributed by atoms with van der Waals surface area (Å²) in [5, 5.41) is 0.698. The first-order chi connectivity index (χ1) is 15.5. The van der Waals surface area contributed by atoms with Gasteiger partial charge in [0.15, 0.2) is 0 Å². The van der Waals surface area contributed by atoms with Crippen LogP contribution < -0.4 is 0 Å². The molecule has 4 aromatic rings. The third-order valence-electron chi connectivity index (χ3n) is 6.32. The van der Waals surface area contributed by atoms with Gasteiger partial charge in [-0.1, -0.05) is 60.1 Å². The molecule has 1 aromatic heterocycles. The Labute approximate surface area is 192 Å². The Morgan fingerprint density at radius 2 is 1.53 bits per heavy atom. The predicted octanol–water partition coefficient (Wildman–Crippen LogP) is 7.14. The largest absolute Gasteiger partial charge is 0.463 e. The SMILES string of the molecule is CC(=O)OC1CCC(c2ccc(-c3ccc(-c4nc5ccc(Cl)cc5[nH]4)cc3)cc2)CC1. The van der Waals surface area contributed by atoms with Crippen LogP contribution in [0.15, 0.2) is 66.7 Å². The highest BCUT2D eigenvalue weighted by Gasteiger charge is 2.24. The summed E-state index contributed by atoms with van der Waals surface area (Å²) in [6.07, 6.45) is 4.11. The molecule has 4 nitrogen and oxygen atoms in total. The Kier molecular flexibility index (Phi) is 5.71. The topological polar surface area (TPSA) is 55.0 Å². The number of nitrogens with zero attached hydrogens (tertiary/aromatic N) is 1. The molecule has 0 saturated heterocycles. The molecule has 0 amide bonds. The molecule has 0 radical (unpaired) electrons. The van der Waals surface area contributed by atoms with Crippen LogP contribution in [0.1, 0.15) is 44.1 Å². The number of H-pyrrole nitrogens is 1. The van der Waals surface area contributed by atoms with Gasteiger partial charge in [0.2, 0.25) is 0 Å². The van der Waals surface area contributed by atoms with Gasteiger partial charge in [-0.25, -0.2) is 4.98 Å². The maximum atomic E-state index is 11.2. The van der Waals surface area contributed by atoms with E-state index in [1.54, 1.807) is 0 Å². The second-order valence-corrected chi connectivity index (χ2v) is 8.97. The second-order valence-electron chi connectivity index (χ2n) is 8.53. The fourth-order valence-corrected chi connectivity index (χ4v) is 4.81. The highest BCUT2D eigenvalue weighted by Crippen LogP contribution is 2.35. The Morgan fingerprint density at radius 3 is 2.19 bits per heavy atom. The van der Waals surface area contributed by atoms with Crippen molar-refractivity contribution in [1.82, 2.24) is 9.97 Å². The highest BCUT2D eigenvalue weighted by atomic mass is 35.5. The van der Waals surface area contributed by atoms with Crippen molar-refractivity contribution in [3.63, 3.8) is 0 Å². The van der Waals surface area contributed by atoms with Crippen LogP contribution in [0.25, 0.3) is 33.5 Å². The number of aromatic amines is 1. The third kappa shape index (κ3) is 4.42. The van der Waals surface area contributed by atoms with Crippen LogP contribution in [0, 0.1) is 0 Å². The van der Waals surface area contributed by atoms with Crippen LogP contribution in [-0.2, 0) is 9.53 Å². The highest BCUT2D eigenvalue weighted by molar-refractivity contribution is 6.31. The normalized spacial score (nSPS) is 18.6. The molecule has 162 valence electrons. The zero-order chi connectivity index (χ0) is 22.1. The van der Waals surface area contributed by atoms with E-state index >= 15 is 0 Å². The first-order valence-corrected chi connectivity index (χ1v) is 11.5. The van der Waals surface area contributed by atoms with Gasteiger partial charge in [-0.3, -0.25) is 4.79 Å². The standard InChI is InChI=1S/C27H25ClN2O2/c1-17(31)32-24-13-10-21(11-14-24)19-4-2-18(3-5-19)20-6-8-22(9-7-20)27-29-25-15-12-23(28)16-26(25)30-27/h2-9,12,15-16,21,24H,10-11,13-14H2,1H3,(H,29,30). The summed E-state index contributed by atoms with van der Waals surface area (Å²) in [6.45, 7) is 1.49. The summed E-state index contributed by atoms with van der Waals surface area (Å²) in [6, 6.07) is 23.0. The van der Waals surface area contributed by atoms with E-state index in [0.29, 0.717) is 10.9 Å². The van der Waals surface area contributed by atoms with Crippen LogP contribution in [0.3, 0.4) is 0 Å². The predicted molar refractivity (Wildman–Crippen MR) is 129 cm³/mol. The van der Waals surface area contributed by atoms with Crippen LogP contribution in [0.4, 0.5) is 0 Å². The van der Waals surface area contributed by atoms with Crippen molar-refractivity contribution in [3.8, 4) is 22.5 Å². The van der Waals surface area contributed by atoms with Crippen LogP contribution in [0.5, 0.6) is 0 Å². The lowest BCUT2D eigenvalue weighted by molar-refractivity contribution is -0.147. The number of hydrogen-bond acceptors (Lipinski definition) is 3. The number of esters is 1. The van der Waals surface area contributed by atoms with Crippen molar-refractivity contribution < 1.29 is 9.53 Å². The number of hydrogen-bond donors (Lipinski definition) is 1. The molecule has 0 spiro atoms. The first kappa shape index (κ1) is 20.8. The Balaban J connectivity index is 1.27. The molecule has 0 atom stereocenters. The molecule has 5 rings (SSSR count). The number of carbonyl (C=O) groups excluding carboxylic acids is 1. The number of ether oxygens (including phenoxy) is 1. The van der Waals surface area contributed by atoms with Gasteiger partial charge in [0.25, 0.3) is 0 Å².